The van der Waals surface area contributed by atoms with Crippen LogP contribution < -0.4 is 5.73 Å². The number of sulfonamides is 1. The summed E-state index contributed by atoms with van der Waals surface area (Å²) in [6.07, 6.45) is 3.04. The van der Waals surface area contributed by atoms with E-state index < -0.39 is 10.0 Å². The van der Waals surface area contributed by atoms with Crippen molar-refractivity contribution >= 4 is 15.7 Å². The first kappa shape index (κ1) is 15.3. The minimum absolute atomic E-state index is 0.0205. The SMILES string of the molecule is Cc1ccc(S(=O)(=O)N2CCCC2CCCO)c(N)c1. The van der Waals surface area contributed by atoms with E-state index in [1.807, 2.05) is 6.92 Å². The van der Waals surface area contributed by atoms with Gasteiger partial charge in [0.1, 0.15) is 4.90 Å². The number of aliphatic hydroxyl groups excluding tert-OH is 1. The van der Waals surface area contributed by atoms with Gasteiger partial charge in [-0.25, -0.2) is 8.42 Å². The largest absolute Gasteiger partial charge is 0.398 e. The number of rotatable bonds is 5. The molecular formula is C14H22N2O3S. The van der Waals surface area contributed by atoms with Crippen molar-refractivity contribution in [3.05, 3.63) is 23.8 Å². The van der Waals surface area contributed by atoms with Crippen LogP contribution in [0, 0.1) is 6.92 Å². The van der Waals surface area contributed by atoms with E-state index in [4.69, 9.17) is 10.8 Å². The molecule has 0 bridgehead atoms. The van der Waals surface area contributed by atoms with E-state index >= 15 is 0 Å². The minimum Gasteiger partial charge on any atom is -0.398 e. The van der Waals surface area contributed by atoms with Crippen molar-refractivity contribution in [1.82, 2.24) is 4.31 Å². The van der Waals surface area contributed by atoms with Gasteiger partial charge in [0.05, 0.1) is 5.69 Å². The van der Waals surface area contributed by atoms with Crippen LogP contribution in [0.15, 0.2) is 23.1 Å². The van der Waals surface area contributed by atoms with Crippen molar-refractivity contribution in [1.29, 1.82) is 0 Å². The fraction of sp³-hybridized carbons (Fsp3) is 0.571. The standard InChI is InChI=1S/C14H22N2O3S/c1-11-6-7-14(13(15)10-11)20(18,19)16-8-2-4-12(16)5-3-9-17/h6-7,10,12,17H,2-5,8-9,15H2,1H3. The first-order valence-corrected chi connectivity index (χ1v) is 8.39. The van der Waals surface area contributed by atoms with E-state index in [1.54, 1.807) is 22.5 Å². The molecule has 1 aliphatic heterocycles. The fourth-order valence-electron chi connectivity index (χ4n) is 2.77. The van der Waals surface area contributed by atoms with Gasteiger partial charge in [0, 0.05) is 19.2 Å². The maximum Gasteiger partial charge on any atom is 0.245 e. The van der Waals surface area contributed by atoms with E-state index in [0.29, 0.717) is 25.1 Å². The van der Waals surface area contributed by atoms with Crippen LogP contribution in [0.2, 0.25) is 0 Å². The molecule has 1 aromatic carbocycles. The second-order valence-electron chi connectivity index (χ2n) is 5.32. The highest BCUT2D eigenvalue weighted by Crippen LogP contribution is 2.31. The van der Waals surface area contributed by atoms with Crippen molar-refractivity contribution in [2.45, 2.75) is 43.5 Å². The maximum atomic E-state index is 12.7. The summed E-state index contributed by atoms with van der Waals surface area (Å²) in [5, 5.41) is 8.92. The van der Waals surface area contributed by atoms with Crippen LogP contribution in [0.3, 0.4) is 0 Å². The molecule has 0 amide bonds. The molecule has 3 N–H and O–H groups in total. The zero-order chi connectivity index (χ0) is 14.8. The van der Waals surface area contributed by atoms with Gasteiger partial charge >= 0.3 is 0 Å². The monoisotopic (exact) mass is 298 g/mol. The van der Waals surface area contributed by atoms with Crippen LogP contribution in [-0.2, 0) is 10.0 Å². The highest BCUT2D eigenvalue weighted by atomic mass is 32.2. The smallest absolute Gasteiger partial charge is 0.245 e. The molecule has 112 valence electrons. The molecule has 1 fully saturated rings. The molecule has 5 nitrogen and oxygen atoms in total. The lowest BCUT2D eigenvalue weighted by Gasteiger charge is -2.24. The van der Waals surface area contributed by atoms with Gasteiger partial charge in [0.2, 0.25) is 10.0 Å². The Morgan fingerprint density at radius 3 is 2.85 bits per heavy atom. The van der Waals surface area contributed by atoms with Gasteiger partial charge in [-0.1, -0.05) is 6.07 Å². The third-order valence-electron chi connectivity index (χ3n) is 3.77. The Kier molecular flexibility index (Phi) is 4.67. The third kappa shape index (κ3) is 2.97. The average Bonchev–Trinajstić information content (AvgIpc) is 2.84. The molecule has 2 rings (SSSR count). The fourth-order valence-corrected chi connectivity index (χ4v) is 4.59. The predicted molar refractivity (Wildman–Crippen MR) is 78.8 cm³/mol. The van der Waals surface area contributed by atoms with Crippen molar-refractivity contribution in [2.75, 3.05) is 18.9 Å². The normalized spacial score (nSPS) is 20.4. The number of anilines is 1. The second kappa shape index (κ2) is 6.11. The van der Waals surface area contributed by atoms with Gasteiger partial charge in [0.15, 0.2) is 0 Å². The molecule has 0 spiro atoms. The van der Waals surface area contributed by atoms with Gasteiger partial charge in [-0.2, -0.15) is 4.31 Å². The Morgan fingerprint density at radius 1 is 1.45 bits per heavy atom. The van der Waals surface area contributed by atoms with Crippen LogP contribution in [0.1, 0.15) is 31.2 Å². The van der Waals surface area contributed by atoms with Crippen LogP contribution in [0.4, 0.5) is 5.69 Å². The lowest BCUT2D eigenvalue weighted by Crippen LogP contribution is -2.36. The molecule has 0 saturated carbocycles. The Hall–Kier alpha value is -1.11. The van der Waals surface area contributed by atoms with Gasteiger partial charge in [-0.3, -0.25) is 0 Å². The average molecular weight is 298 g/mol. The summed E-state index contributed by atoms with van der Waals surface area (Å²) >= 11 is 0. The highest BCUT2D eigenvalue weighted by molar-refractivity contribution is 7.89. The van der Waals surface area contributed by atoms with Crippen molar-refractivity contribution in [2.24, 2.45) is 0 Å². The second-order valence-corrected chi connectivity index (χ2v) is 7.18. The molecule has 1 atom stereocenters. The zero-order valence-electron chi connectivity index (χ0n) is 11.7. The Balaban J connectivity index is 2.29. The Bertz CT molecular complexity index is 572. The number of aliphatic hydroxyl groups is 1. The number of hydrogen-bond donors (Lipinski definition) is 2. The highest BCUT2D eigenvalue weighted by Gasteiger charge is 2.35. The number of nitrogens with two attached hydrogens (primary N) is 1. The quantitative estimate of drug-likeness (QED) is 0.807. The summed E-state index contributed by atoms with van der Waals surface area (Å²) in [7, 11) is -3.54. The van der Waals surface area contributed by atoms with Gasteiger partial charge in [-0.15, -0.1) is 0 Å². The Labute approximate surface area is 120 Å². The zero-order valence-corrected chi connectivity index (χ0v) is 12.6. The molecule has 1 aliphatic rings. The first-order valence-electron chi connectivity index (χ1n) is 6.95. The van der Waals surface area contributed by atoms with Crippen molar-refractivity contribution < 1.29 is 13.5 Å². The van der Waals surface area contributed by atoms with Crippen LogP contribution >= 0.6 is 0 Å². The molecular weight excluding hydrogens is 276 g/mol. The van der Waals surface area contributed by atoms with Crippen LogP contribution in [0.5, 0.6) is 0 Å². The summed E-state index contributed by atoms with van der Waals surface area (Å²) < 4.78 is 27.0. The molecule has 1 aromatic rings. The topological polar surface area (TPSA) is 83.6 Å². The van der Waals surface area contributed by atoms with Gasteiger partial charge in [-0.05, 0) is 50.3 Å². The number of nitrogen functional groups attached to an aromatic ring is 1. The molecule has 6 heteroatoms. The lowest BCUT2D eigenvalue weighted by atomic mass is 10.1. The lowest BCUT2D eigenvalue weighted by molar-refractivity contribution is 0.264. The molecule has 1 heterocycles. The molecule has 0 aromatic heterocycles. The summed E-state index contributed by atoms with van der Waals surface area (Å²) in [5.41, 5.74) is 7.12. The maximum absolute atomic E-state index is 12.7. The first-order chi connectivity index (χ1) is 9.46. The Morgan fingerprint density at radius 2 is 2.20 bits per heavy atom. The predicted octanol–water partition coefficient (Wildman–Crippen LogP) is 1.50. The molecule has 1 saturated heterocycles. The molecule has 20 heavy (non-hydrogen) atoms. The summed E-state index contributed by atoms with van der Waals surface area (Å²) in [5.74, 6) is 0. The van der Waals surface area contributed by atoms with E-state index in [0.717, 1.165) is 18.4 Å². The number of benzene rings is 1. The number of hydrogen-bond acceptors (Lipinski definition) is 4. The van der Waals surface area contributed by atoms with E-state index in [-0.39, 0.29) is 17.5 Å². The summed E-state index contributed by atoms with van der Waals surface area (Å²) in [6.45, 7) is 2.51. The van der Waals surface area contributed by atoms with Crippen molar-refractivity contribution in [3.8, 4) is 0 Å². The molecule has 0 radical (unpaired) electrons. The van der Waals surface area contributed by atoms with E-state index in [9.17, 15) is 8.42 Å². The summed E-state index contributed by atoms with van der Waals surface area (Å²) in [6, 6.07) is 5.02. The van der Waals surface area contributed by atoms with Crippen LogP contribution in [0.25, 0.3) is 0 Å². The van der Waals surface area contributed by atoms with E-state index in [1.165, 1.54) is 0 Å². The summed E-state index contributed by atoms with van der Waals surface area (Å²) in [4.78, 5) is 0.194. The third-order valence-corrected chi connectivity index (χ3v) is 5.80. The van der Waals surface area contributed by atoms with Gasteiger partial charge < -0.3 is 10.8 Å². The van der Waals surface area contributed by atoms with Gasteiger partial charge in [0.25, 0.3) is 0 Å². The number of nitrogens with zero attached hydrogens (tertiary/aromatic N) is 1. The minimum atomic E-state index is -3.54. The molecule has 0 aliphatic carbocycles. The van der Waals surface area contributed by atoms with E-state index in [2.05, 4.69) is 0 Å². The number of aryl methyl sites for hydroxylation is 1. The molecule has 1 unspecified atom stereocenters. The van der Waals surface area contributed by atoms with Crippen LogP contribution in [-0.4, -0.2) is 37.0 Å². The van der Waals surface area contributed by atoms with Crippen molar-refractivity contribution in [3.63, 3.8) is 0 Å².